The van der Waals surface area contributed by atoms with Crippen LogP contribution in [0.1, 0.15) is 31.2 Å². The first-order valence-electron chi connectivity index (χ1n) is 6.29. The van der Waals surface area contributed by atoms with E-state index in [2.05, 4.69) is 54.6 Å². The molecule has 0 bridgehead atoms. The normalized spacial score (nSPS) is 12.2. The minimum Gasteiger partial charge on any atom is -0.173 e. The van der Waals surface area contributed by atoms with Crippen molar-refractivity contribution in [2.75, 3.05) is 0 Å². The van der Waals surface area contributed by atoms with Gasteiger partial charge in [0.15, 0.2) is 0 Å². The Morgan fingerprint density at radius 1 is 1.11 bits per heavy atom. The van der Waals surface area contributed by atoms with Crippen molar-refractivity contribution in [2.45, 2.75) is 33.1 Å². The Morgan fingerprint density at radius 3 is 2.58 bits per heavy atom. The summed E-state index contributed by atoms with van der Waals surface area (Å²) in [4.78, 5) is 2.74. The van der Waals surface area contributed by atoms with Crippen LogP contribution in [0.15, 0.2) is 24.3 Å². The molecule has 2 nitrogen and oxygen atoms in total. The van der Waals surface area contributed by atoms with Crippen LogP contribution in [0.3, 0.4) is 0 Å². The second-order valence-corrected chi connectivity index (χ2v) is 7.39. The van der Waals surface area contributed by atoms with Crippen molar-refractivity contribution < 1.29 is 0 Å². The standard InChI is InChI=1S/C15H16N2S2/c1-9-8-12(18-14(9)15(2,3)4)10-6-5-7-11-13(10)17-19-16-11/h5-8H,1-4H3. The monoisotopic (exact) mass is 288 g/mol. The molecule has 0 aliphatic carbocycles. The van der Waals surface area contributed by atoms with Gasteiger partial charge in [-0.2, -0.15) is 8.75 Å². The first kappa shape index (κ1) is 12.8. The molecule has 0 aliphatic heterocycles. The average molecular weight is 288 g/mol. The SMILES string of the molecule is Cc1cc(-c2cccc3nsnc23)sc1C(C)(C)C. The van der Waals surface area contributed by atoms with Crippen LogP contribution < -0.4 is 0 Å². The molecule has 2 heterocycles. The van der Waals surface area contributed by atoms with E-state index in [9.17, 15) is 0 Å². The first-order chi connectivity index (χ1) is 8.97. The van der Waals surface area contributed by atoms with Gasteiger partial charge in [0.25, 0.3) is 0 Å². The lowest BCUT2D eigenvalue weighted by atomic mass is 9.92. The highest BCUT2D eigenvalue weighted by atomic mass is 32.1. The van der Waals surface area contributed by atoms with Gasteiger partial charge in [0.1, 0.15) is 11.0 Å². The number of nitrogens with zero attached hydrogens (tertiary/aromatic N) is 2. The largest absolute Gasteiger partial charge is 0.173 e. The van der Waals surface area contributed by atoms with E-state index >= 15 is 0 Å². The molecule has 0 fully saturated rings. The van der Waals surface area contributed by atoms with Crippen molar-refractivity contribution in [3.05, 3.63) is 34.7 Å². The summed E-state index contributed by atoms with van der Waals surface area (Å²) in [7, 11) is 0. The number of hydrogen-bond acceptors (Lipinski definition) is 4. The first-order valence-corrected chi connectivity index (χ1v) is 7.84. The molecule has 2 aromatic heterocycles. The molecule has 3 rings (SSSR count). The molecular formula is C15H16N2S2. The van der Waals surface area contributed by atoms with Crippen molar-refractivity contribution in [3.63, 3.8) is 0 Å². The summed E-state index contributed by atoms with van der Waals surface area (Å²) < 4.78 is 8.75. The third-order valence-electron chi connectivity index (χ3n) is 3.15. The van der Waals surface area contributed by atoms with Gasteiger partial charge in [-0.25, -0.2) is 0 Å². The van der Waals surface area contributed by atoms with Crippen LogP contribution in [0.2, 0.25) is 0 Å². The number of benzene rings is 1. The van der Waals surface area contributed by atoms with Crippen LogP contribution in [0, 0.1) is 6.92 Å². The van der Waals surface area contributed by atoms with E-state index in [-0.39, 0.29) is 5.41 Å². The number of hydrogen-bond donors (Lipinski definition) is 0. The zero-order valence-electron chi connectivity index (χ0n) is 11.5. The highest BCUT2D eigenvalue weighted by Gasteiger charge is 2.20. The maximum Gasteiger partial charge on any atom is 0.113 e. The highest BCUT2D eigenvalue weighted by molar-refractivity contribution is 7.16. The molecule has 1 aromatic carbocycles. The van der Waals surface area contributed by atoms with E-state index in [1.165, 1.54) is 32.6 Å². The molecule has 0 spiro atoms. The zero-order chi connectivity index (χ0) is 13.6. The van der Waals surface area contributed by atoms with E-state index in [0.717, 1.165) is 11.0 Å². The lowest BCUT2D eigenvalue weighted by molar-refractivity contribution is 0.600. The van der Waals surface area contributed by atoms with E-state index in [4.69, 9.17) is 0 Å². The summed E-state index contributed by atoms with van der Waals surface area (Å²) in [5.41, 5.74) is 4.78. The summed E-state index contributed by atoms with van der Waals surface area (Å²) in [5, 5.41) is 0. The summed E-state index contributed by atoms with van der Waals surface area (Å²) in [6.07, 6.45) is 0. The molecule has 0 atom stereocenters. The Bertz CT molecular complexity index is 732. The number of aromatic nitrogens is 2. The Hall–Kier alpha value is -1.26. The van der Waals surface area contributed by atoms with E-state index < -0.39 is 0 Å². The van der Waals surface area contributed by atoms with Gasteiger partial charge in [0, 0.05) is 15.3 Å². The fraction of sp³-hybridized carbons (Fsp3) is 0.333. The van der Waals surface area contributed by atoms with Gasteiger partial charge in [-0.15, -0.1) is 11.3 Å². The number of thiophene rings is 1. The molecule has 0 N–H and O–H groups in total. The van der Waals surface area contributed by atoms with Gasteiger partial charge in [-0.1, -0.05) is 32.9 Å². The predicted molar refractivity (Wildman–Crippen MR) is 84.2 cm³/mol. The lowest BCUT2D eigenvalue weighted by Gasteiger charge is -2.17. The maximum absolute atomic E-state index is 4.43. The molecule has 0 radical (unpaired) electrons. The summed E-state index contributed by atoms with van der Waals surface area (Å²) in [6, 6.07) is 8.50. The maximum atomic E-state index is 4.43. The van der Waals surface area contributed by atoms with Crippen molar-refractivity contribution in [3.8, 4) is 10.4 Å². The topological polar surface area (TPSA) is 25.8 Å². The predicted octanol–water partition coefficient (Wildman–Crippen LogP) is 5.03. The van der Waals surface area contributed by atoms with Crippen molar-refractivity contribution in [1.29, 1.82) is 0 Å². The van der Waals surface area contributed by atoms with Gasteiger partial charge in [0.2, 0.25) is 0 Å². The Balaban J connectivity index is 2.20. The third kappa shape index (κ3) is 2.19. The summed E-state index contributed by atoms with van der Waals surface area (Å²) in [5.74, 6) is 0. The van der Waals surface area contributed by atoms with Gasteiger partial charge < -0.3 is 0 Å². The molecule has 4 heteroatoms. The molecule has 0 aliphatic rings. The minimum atomic E-state index is 0.196. The molecule has 0 amide bonds. The smallest absolute Gasteiger partial charge is 0.113 e. The zero-order valence-corrected chi connectivity index (χ0v) is 13.2. The molecule has 3 aromatic rings. The quantitative estimate of drug-likeness (QED) is 0.628. The van der Waals surface area contributed by atoms with Crippen LogP contribution in [0.5, 0.6) is 0 Å². The Morgan fingerprint density at radius 2 is 1.89 bits per heavy atom. The van der Waals surface area contributed by atoms with E-state index in [1.54, 1.807) is 0 Å². The van der Waals surface area contributed by atoms with Gasteiger partial charge in [0.05, 0.1) is 11.7 Å². The fourth-order valence-corrected chi connectivity index (χ4v) is 4.17. The molecule has 19 heavy (non-hydrogen) atoms. The average Bonchev–Trinajstić information content (AvgIpc) is 2.93. The van der Waals surface area contributed by atoms with Crippen LogP contribution >= 0.6 is 23.1 Å². The summed E-state index contributed by atoms with van der Waals surface area (Å²) >= 11 is 3.16. The fourth-order valence-electron chi connectivity index (χ4n) is 2.36. The van der Waals surface area contributed by atoms with Crippen LogP contribution in [-0.4, -0.2) is 8.75 Å². The number of rotatable bonds is 1. The van der Waals surface area contributed by atoms with Crippen LogP contribution in [0.25, 0.3) is 21.5 Å². The molecule has 98 valence electrons. The number of fused-ring (bicyclic) bond motifs is 1. The van der Waals surface area contributed by atoms with Gasteiger partial charge >= 0.3 is 0 Å². The highest BCUT2D eigenvalue weighted by Crippen LogP contribution is 2.39. The van der Waals surface area contributed by atoms with E-state index in [1.807, 2.05) is 17.4 Å². The van der Waals surface area contributed by atoms with Crippen LogP contribution in [0.4, 0.5) is 0 Å². The minimum absolute atomic E-state index is 0.196. The Kier molecular flexibility index (Phi) is 2.95. The van der Waals surface area contributed by atoms with E-state index in [0.29, 0.717) is 0 Å². The molecular weight excluding hydrogens is 272 g/mol. The lowest BCUT2D eigenvalue weighted by Crippen LogP contribution is -2.09. The summed E-state index contributed by atoms with van der Waals surface area (Å²) in [6.45, 7) is 8.99. The molecule has 0 unspecified atom stereocenters. The van der Waals surface area contributed by atoms with Crippen molar-refractivity contribution in [2.24, 2.45) is 0 Å². The Labute approximate surface area is 121 Å². The number of aryl methyl sites for hydroxylation is 1. The van der Waals surface area contributed by atoms with Gasteiger partial charge in [-0.3, -0.25) is 0 Å². The molecule has 0 saturated heterocycles. The third-order valence-corrected chi connectivity index (χ3v) is 5.39. The van der Waals surface area contributed by atoms with Gasteiger partial charge in [-0.05, 0) is 30.0 Å². The van der Waals surface area contributed by atoms with Crippen molar-refractivity contribution >= 4 is 34.1 Å². The second-order valence-electron chi connectivity index (χ2n) is 5.81. The van der Waals surface area contributed by atoms with Crippen molar-refractivity contribution in [1.82, 2.24) is 8.75 Å². The second kappa shape index (κ2) is 4.39. The van der Waals surface area contributed by atoms with Crippen LogP contribution in [-0.2, 0) is 5.41 Å². The molecule has 0 saturated carbocycles.